The number of benzene rings is 2. The Morgan fingerprint density at radius 1 is 1.21 bits per heavy atom. The van der Waals surface area contributed by atoms with Crippen molar-refractivity contribution in [2.45, 2.75) is 13.0 Å². The summed E-state index contributed by atoms with van der Waals surface area (Å²) in [5.74, 6) is 0.861. The van der Waals surface area contributed by atoms with Gasteiger partial charge in [-0.05, 0) is 30.7 Å². The summed E-state index contributed by atoms with van der Waals surface area (Å²) in [6.07, 6.45) is 0.0110. The van der Waals surface area contributed by atoms with E-state index in [1.165, 1.54) is 0 Å². The summed E-state index contributed by atoms with van der Waals surface area (Å²) in [6.45, 7) is 2.27. The van der Waals surface area contributed by atoms with Gasteiger partial charge in [0.05, 0.1) is 12.2 Å². The van der Waals surface area contributed by atoms with Crippen molar-refractivity contribution >= 4 is 11.5 Å². The van der Waals surface area contributed by atoms with Gasteiger partial charge in [-0.2, -0.15) is 0 Å². The van der Waals surface area contributed by atoms with Crippen LogP contribution in [0.1, 0.15) is 28.9 Å². The van der Waals surface area contributed by atoms with Crippen molar-refractivity contribution < 1.29 is 9.53 Å². The lowest BCUT2D eigenvalue weighted by molar-refractivity contribution is 0.101. The molecule has 0 fully saturated rings. The van der Waals surface area contributed by atoms with Gasteiger partial charge in [-0.1, -0.05) is 30.3 Å². The van der Waals surface area contributed by atoms with Crippen molar-refractivity contribution in [2.75, 3.05) is 11.9 Å². The number of Topliss-reactive ketones (excluding diaryl/α,β-unsaturated/α-hetero) is 1. The zero-order valence-electron chi connectivity index (χ0n) is 10.7. The van der Waals surface area contributed by atoms with Crippen LogP contribution in [0.3, 0.4) is 0 Å². The van der Waals surface area contributed by atoms with Crippen molar-refractivity contribution in [1.82, 2.24) is 0 Å². The summed E-state index contributed by atoms with van der Waals surface area (Å²) in [6, 6.07) is 15.6. The molecule has 1 atom stereocenters. The molecule has 1 aliphatic heterocycles. The van der Waals surface area contributed by atoms with E-state index in [4.69, 9.17) is 4.74 Å². The van der Waals surface area contributed by atoms with E-state index in [-0.39, 0.29) is 11.9 Å². The zero-order valence-corrected chi connectivity index (χ0v) is 10.7. The van der Waals surface area contributed by atoms with Crippen LogP contribution in [-0.4, -0.2) is 12.3 Å². The number of rotatable bonds is 2. The lowest BCUT2D eigenvalue weighted by atomic mass is 10.1. The lowest BCUT2D eigenvalue weighted by Crippen LogP contribution is -2.23. The van der Waals surface area contributed by atoms with E-state index in [1.54, 1.807) is 13.0 Å². The number of carbonyl (C=O) groups excluding carboxylic acids is 1. The van der Waals surface area contributed by atoms with Crippen LogP contribution in [0.25, 0.3) is 0 Å². The molecule has 0 saturated carbocycles. The van der Waals surface area contributed by atoms with Gasteiger partial charge in [0, 0.05) is 5.56 Å². The lowest BCUT2D eigenvalue weighted by Gasteiger charge is -2.28. The monoisotopic (exact) mass is 253 g/mol. The van der Waals surface area contributed by atoms with Crippen LogP contribution < -0.4 is 10.1 Å². The molecule has 0 aromatic heterocycles. The Morgan fingerprint density at radius 2 is 2.00 bits per heavy atom. The molecule has 0 saturated heterocycles. The average Bonchev–Trinajstić information content (AvgIpc) is 2.47. The number of nitrogens with one attached hydrogen (secondary N) is 1. The van der Waals surface area contributed by atoms with Crippen LogP contribution in [0.5, 0.6) is 5.75 Å². The first kappa shape index (κ1) is 11.8. The summed E-state index contributed by atoms with van der Waals surface area (Å²) in [5, 5.41) is 3.33. The molecule has 0 aliphatic carbocycles. The minimum Gasteiger partial charge on any atom is -0.482 e. The molecule has 3 rings (SSSR count). The summed E-state index contributed by atoms with van der Waals surface area (Å²) in [4.78, 5) is 11.3. The molecule has 2 aromatic carbocycles. The molecular formula is C16H15NO2. The molecule has 3 nitrogen and oxygen atoms in total. The molecule has 0 amide bonds. The third-order valence-electron chi connectivity index (χ3n) is 3.30. The van der Waals surface area contributed by atoms with Crippen LogP contribution in [0.2, 0.25) is 0 Å². The molecule has 1 unspecified atom stereocenters. The van der Waals surface area contributed by atoms with Crippen molar-refractivity contribution in [1.29, 1.82) is 0 Å². The molecule has 1 heterocycles. The van der Waals surface area contributed by atoms with E-state index in [0.29, 0.717) is 12.1 Å². The van der Waals surface area contributed by atoms with Gasteiger partial charge in [0.1, 0.15) is 11.9 Å². The van der Waals surface area contributed by atoms with E-state index < -0.39 is 0 Å². The largest absolute Gasteiger partial charge is 0.482 e. The summed E-state index contributed by atoms with van der Waals surface area (Å²) < 4.78 is 5.98. The summed E-state index contributed by atoms with van der Waals surface area (Å²) in [7, 11) is 0. The van der Waals surface area contributed by atoms with Gasteiger partial charge in [0.2, 0.25) is 0 Å². The zero-order chi connectivity index (χ0) is 13.2. The predicted octanol–water partition coefficient (Wildman–Crippen LogP) is 3.43. The summed E-state index contributed by atoms with van der Waals surface area (Å²) >= 11 is 0. The van der Waals surface area contributed by atoms with Gasteiger partial charge < -0.3 is 10.1 Å². The van der Waals surface area contributed by atoms with Crippen molar-refractivity contribution in [2.24, 2.45) is 0 Å². The first-order chi connectivity index (χ1) is 9.24. The van der Waals surface area contributed by atoms with Crippen LogP contribution in [0, 0.1) is 0 Å². The number of hydrogen-bond acceptors (Lipinski definition) is 3. The highest BCUT2D eigenvalue weighted by atomic mass is 16.5. The highest BCUT2D eigenvalue weighted by Crippen LogP contribution is 2.34. The minimum atomic E-state index is 0.0110. The Bertz CT molecular complexity index is 607. The third kappa shape index (κ3) is 2.32. The smallest absolute Gasteiger partial charge is 0.159 e. The van der Waals surface area contributed by atoms with Crippen LogP contribution in [0.15, 0.2) is 48.5 Å². The van der Waals surface area contributed by atoms with Gasteiger partial charge in [-0.15, -0.1) is 0 Å². The van der Waals surface area contributed by atoms with E-state index in [9.17, 15) is 4.79 Å². The van der Waals surface area contributed by atoms with Gasteiger partial charge in [0.15, 0.2) is 5.78 Å². The Kier molecular flexibility index (Phi) is 2.95. The second-order valence-corrected chi connectivity index (χ2v) is 4.67. The Morgan fingerprint density at radius 3 is 2.74 bits per heavy atom. The van der Waals surface area contributed by atoms with Gasteiger partial charge in [-0.25, -0.2) is 0 Å². The minimum absolute atomic E-state index is 0.0110. The Balaban J connectivity index is 1.87. The van der Waals surface area contributed by atoms with Crippen molar-refractivity contribution in [3.63, 3.8) is 0 Å². The van der Waals surface area contributed by atoms with Crippen LogP contribution in [-0.2, 0) is 0 Å². The normalized spacial score (nSPS) is 17.0. The quantitative estimate of drug-likeness (QED) is 0.833. The second-order valence-electron chi connectivity index (χ2n) is 4.67. The van der Waals surface area contributed by atoms with Crippen LogP contribution >= 0.6 is 0 Å². The van der Waals surface area contributed by atoms with E-state index >= 15 is 0 Å². The number of hydrogen-bond donors (Lipinski definition) is 1. The molecule has 0 radical (unpaired) electrons. The standard InChI is InChI=1S/C16H15NO2/c1-11(18)13-7-8-15-14(9-13)17-10-16(19-15)12-5-3-2-4-6-12/h2-9,16-17H,10H2,1H3. The van der Waals surface area contributed by atoms with E-state index in [2.05, 4.69) is 17.4 Å². The van der Waals surface area contributed by atoms with Gasteiger partial charge in [-0.3, -0.25) is 4.79 Å². The fourth-order valence-corrected chi connectivity index (χ4v) is 2.24. The fraction of sp³-hybridized carbons (Fsp3) is 0.188. The first-order valence-corrected chi connectivity index (χ1v) is 6.34. The van der Waals surface area contributed by atoms with Crippen molar-refractivity contribution in [3.05, 3.63) is 59.7 Å². The maximum absolute atomic E-state index is 11.3. The molecular weight excluding hydrogens is 238 g/mol. The van der Waals surface area contributed by atoms with Crippen molar-refractivity contribution in [3.8, 4) is 5.75 Å². The van der Waals surface area contributed by atoms with E-state index in [1.807, 2.05) is 30.3 Å². The maximum atomic E-state index is 11.3. The Labute approximate surface area is 112 Å². The molecule has 2 aromatic rings. The molecule has 0 spiro atoms. The number of carbonyl (C=O) groups is 1. The SMILES string of the molecule is CC(=O)c1ccc2c(c1)NCC(c1ccccc1)O2. The number of ether oxygens (including phenoxy) is 1. The molecule has 0 bridgehead atoms. The summed E-state index contributed by atoms with van der Waals surface area (Å²) in [5.41, 5.74) is 2.74. The highest BCUT2D eigenvalue weighted by Gasteiger charge is 2.21. The third-order valence-corrected chi connectivity index (χ3v) is 3.30. The van der Waals surface area contributed by atoms with E-state index in [0.717, 1.165) is 17.0 Å². The maximum Gasteiger partial charge on any atom is 0.159 e. The number of anilines is 1. The number of ketones is 1. The molecule has 1 N–H and O–H groups in total. The topological polar surface area (TPSA) is 38.3 Å². The Hall–Kier alpha value is -2.29. The first-order valence-electron chi connectivity index (χ1n) is 6.34. The fourth-order valence-electron chi connectivity index (χ4n) is 2.24. The predicted molar refractivity (Wildman–Crippen MR) is 74.7 cm³/mol. The second kappa shape index (κ2) is 4.76. The highest BCUT2D eigenvalue weighted by molar-refractivity contribution is 5.95. The average molecular weight is 253 g/mol. The molecule has 96 valence electrons. The van der Waals surface area contributed by atoms with Gasteiger partial charge >= 0.3 is 0 Å². The molecule has 19 heavy (non-hydrogen) atoms. The number of fused-ring (bicyclic) bond motifs is 1. The van der Waals surface area contributed by atoms with Crippen LogP contribution in [0.4, 0.5) is 5.69 Å². The van der Waals surface area contributed by atoms with Gasteiger partial charge in [0.25, 0.3) is 0 Å². The molecule has 3 heteroatoms. The molecule has 1 aliphatic rings.